The first-order valence-corrected chi connectivity index (χ1v) is 13.4. The molecule has 194 valence electrons. The number of benzene rings is 2. The zero-order chi connectivity index (χ0) is 25.7. The normalized spacial score (nSPS) is 17.1. The summed E-state index contributed by atoms with van der Waals surface area (Å²) in [6, 6.07) is 13.7. The predicted octanol–water partition coefficient (Wildman–Crippen LogP) is 6.10. The molecule has 0 bridgehead atoms. The van der Waals surface area contributed by atoms with E-state index in [9.17, 15) is 9.59 Å². The van der Waals surface area contributed by atoms with Crippen LogP contribution < -0.4 is 15.0 Å². The van der Waals surface area contributed by atoms with E-state index >= 15 is 0 Å². The molecule has 1 N–H and O–H groups in total. The van der Waals surface area contributed by atoms with E-state index < -0.39 is 0 Å². The van der Waals surface area contributed by atoms with Gasteiger partial charge in [-0.2, -0.15) is 0 Å². The third-order valence-corrected chi connectivity index (χ3v) is 7.41. The number of piperazine rings is 1. The average Bonchev–Trinajstić information content (AvgIpc) is 2.88. The van der Waals surface area contributed by atoms with E-state index in [-0.39, 0.29) is 23.8 Å². The molecule has 0 aromatic heterocycles. The number of carbonyl (C=O) groups is 2. The van der Waals surface area contributed by atoms with E-state index in [2.05, 4.69) is 22.3 Å². The Morgan fingerprint density at radius 3 is 2.25 bits per heavy atom. The molecule has 2 aliphatic rings. The minimum Gasteiger partial charge on any atom is -0.484 e. The molecule has 2 aromatic rings. The van der Waals surface area contributed by atoms with Crippen molar-refractivity contribution in [3.8, 4) is 5.75 Å². The summed E-state index contributed by atoms with van der Waals surface area (Å²) in [5, 5.41) is 3.44. The Morgan fingerprint density at radius 2 is 1.64 bits per heavy atom. The lowest BCUT2D eigenvalue weighted by atomic mass is 9.84. The molecule has 2 fully saturated rings. The van der Waals surface area contributed by atoms with Crippen LogP contribution in [-0.2, 0) is 9.59 Å². The lowest BCUT2D eigenvalue weighted by Crippen LogP contribution is -2.51. The number of amides is 2. The van der Waals surface area contributed by atoms with Gasteiger partial charge < -0.3 is 19.9 Å². The van der Waals surface area contributed by atoms with Crippen LogP contribution in [0.5, 0.6) is 5.75 Å². The topological polar surface area (TPSA) is 61.9 Å². The van der Waals surface area contributed by atoms with Crippen molar-refractivity contribution in [2.24, 2.45) is 5.41 Å². The Bertz CT molecular complexity index is 1050. The maximum absolute atomic E-state index is 12.5. The van der Waals surface area contributed by atoms with Gasteiger partial charge in [0.15, 0.2) is 6.61 Å². The Hall–Kier alpha value is -2.73. The van der Waals surface area contributed by atoms with Crippen molar-refractivity contribution in [2.45, 2.75) is 58.8 Å². The van der Waals surface area contributed by atoms with Crippen LogP contribution in [0.2, 0.25) is 5.02 Å². The van der Waals surface area contributed by atoms with E-state index in [1.165, 1.54) is 37.7 Å². The maximum atomic E-state index is 12.5. The Morgan fingerprint density at radius 1 is 0.972 bits per heavy atom. The second-order valence-electron chi connectivity index (χ2n) is 10.9. The highest BCUT2D eigenvalue weighted by Crippen LogP contribution is 2.33. The number of nitrogens with zero attached hydrogens (tertiary/aromatic N) is 2. The highest BCUT2D eigenvalue weighted by atomic mass is 35.5. The molecule has 0 unspecified atom stereocenters. The first-order chi connectivity index (χ1) is 17.2. The zero-order valence-electron chi connectivity index (χ0n) is 21.7. The molecule has 0 radical (unpaired) electrons. The maximum Gasteiger partial charge on any atom is 0.262 e. The predicted molar refractivity (Wildman–Crippen MR) is 146 cm³/mol. The van der Waals surface area contributed by atoms with Crippen molar-refractivity contribution in [3.05, 3.63) is 53.1 Å². The van der Waals surface area contributed by atoms with Crippen molar-refractivity contribution < 1.29 is 14.3 Å². The van der Waals surface area contributed by atoms with Crippen LogP contribution in [0.3, 0.4) is 0 Å². The number of halogens is 1. The minimum absolute atomic E-state index is 0.0636. The number of rotatable bonds is 6. The summed E-state index contributed by atoms with van der Waals surface area (Å²) in [5.74, 6) is 1.29. The lowest BCUT2D eigenvalue weighted by Gasteiger charge is -2.39. The second-order valence-corrected chi connectivity index (χ2v) is 11.3. The molecule has 1 saturated heterocycles. The molecule has 2 amide bonds. The number of nitrogens with one attached hydrogen (secondary N) is 1. The summed E-state index contributed by atoms with van der Waals surface area (Å²) in [4.78, 5) is 29.1. The van der Waals surface area contributed by atoms with Crippen LogP contribution in [0, 0.1) is 5.41 Å². The van der Waals surface area contributed by atoms with Crippen LogP contribution >= 0.6 is 11.6 Å². The van der Waals surface area contributed by atoms with Gasteiger partial charge in [-0.1, -0.05) is 63.8 Å². The van der Waals surface area contributed by atoms with Crippen LogP contribution in [0.4, 0.5) is 11.4 Å². The largest absolute Gasteiger partial charge is 0.484 e. The van der Waals surface area contributed by atoms with Gasteiger partial charge in [-0.3, -0.25) is 9.59 Å². The smallest absolute Gasteiger partial charge is 0.262 e. The molecule has 6 nitrogen and oxygen atoms in total. The SMILES string of the molecule is CC(C)(C)C(=O)N1CCN(c2ccc(NC(=O)COc3ccc(C4CCCCC4)cc3)cc2Cl)CC1. The fourth-order valence-corrected chi connectivity index (χ4v) is 5.38. The van der Waals surface area contributed by atoms with E-state index in [0.717, 1.165) is 18.8 Å². The minimum atomic E-state index is -0.373. The van der Waals surface area contributed by atoms with Gasteiger partial charge in [-0.05, 0) is 54.7 Å². The Kier molecular flexibility index (Phi) is 8.45. The summed E-state index contributed by atoms with van der Waals surface area (Å²) in [6.07, 6.45) is 6.48. The summed E-state index contributed by atoms with van der Waals surface area (Å²) < 4.78 is 5.70. The van der Waals surface area contributed by atoms with Crippen LogP contribution in [0.1, 0.15) is 64.4 Å². The summed E-state index contributed by atoms with van der Waals surface area (Å²) in [6.45, 7) is 8.57. The third-order valence-electron chi connectivity index (χ3n) is 7.11. The molecule has 1 heterocycles. The first-order valence-electron chi connectivity index (χ1n) is 13.1. The molecule has 7 heteroatoms. The Balaban J connectivity index is 1.25. The molecule has 1 saturated carbocycles. The van der Waals surface area contributed by atoms with Crippen molar-refractivity contribution in [1.82, 2.24) is 4.90 Å². The fourth-order valence-electron chi connectivity index (χ4n) is 5.08. The van der Waals surface area contributed by atoms with Gasteiger partial charge in [0.2, 0.25) is 5.91 Å². The van der Waals surface area contributed by atoms with Gasteiger partial charge in [0.25, 0.3) is 5.91 Å². The van der Waals surface area contributed by atoms with Gasteiger partial charge in [-0.15, -0.1) is 0 Å². The quantitative estimate of drug-likeness (QED) is 0.509. The van der Waals surface area contributed by atoms with Crippen molar-refractivity contribution >= 4 is 34.8 Å². The molecule has 2 aromatic carbocycles. The van der Waals surface area contributed by atoms with Gasteiger partial charge in [0.1, 0.15) is 5.75 Å². The molecule has 36 heavy (non-hydrogen) atoms. The average molecular weight is 512 g/mol. The molecule has 4 rings (SSSR count). The van der Waals surface area contributed by atoms with Gasteiger partial charge in [0, 0.05) is 37.3 Å². The molecule has 0 atom stereocenters. The monoisotopic (exact) mass is 511 g/mol. The molecule has 0 spiro atoms. The molecule has 1 aliphatic carbocycles. The fraction of sp³-hybridized carbons (Fsp3) is 0.517. The second kappa shape index (κ2) is 11.5. The number of ether oxygens (including phenoxy) is 1. The standard InChI is InChI=1S/C29H38ClN3O3/c1-29(2,3)28(35)33-17-15-32(16-18-33)26-14-11-23(19-25(26)30)31-27(34)20-36-24-12-9-22(10-13-24)21-7-5-4-6-8-21/h9-14,19,21H,4-8,15-18,20H2,1-3H3,(H,31,34). The van der Waals surface area contributed by atoms with E-state index in [1.807, 2.05) is 49.9 Å². The van der Waals surface area contributed by atoms with Gasteiger partial charge in [0.05, 0.1) is 10.7 Å². The highest BCUT2D eigenvalue weighted by molar-refractivity contribution is 6.33. The first kappa shape index (κ1) is 26.3. The lowest BCUT2D eigenvalue weighted by molar-refractivity contribution is -0.139. The van der Waals surface area contributed by atoms with Crippen molar-refractivity contribution in [3.63, 3.8) is 0 Å². The van der Waals surface area contributed by atoms with Crippen molar-refractivity contribution in [2.75, 3.05) is 43.0 Å². The van der Waals surface area contributed by atoms with E-state index in [0.29, 0.717) is 35.5 Å². The van der Waals surface area contributed by atoms with Crippen LogP contribution in [0.25, 0.3) is 0 Å². The van der Waals surface area contributed by atoms with Crippen molar-refractivity contribution in [1.29, 1.82) is 0 Å². The van der Waals surface area contributed by atoms with Crippen LogP contribution in [-0.4, -0.2) is 49.5 Å². The Labute approximate surface area is 219 Å². The highest BCUT2D eigenvalue weighted by Gasteiger charge is 2.30. The van der Waals surface area contributed by atoms with Crippen LogP contribution in [0.15, 0.2) is 42.5 Å². The third kappa shape index (κ3) is 6.73. The summed E-state index contributed by atoms with van der Waals surface area (Å²) in [7, 11) is 0. The number of hydrogen-bond donors (Lipinski definition) is 1. The van der Waals surface area contributed by atoms with Gasteiger partial charge in [-0.25, -0.2) is 0 Å². The number of anilines is 2. The number of hydrogen-bond acceptors (Lipinski definition) is 4. The summed E-state index contributed by atoms with van der Waals surface area (Å²) >= 11 is 6.56. The molecular weight excluding hydrogens is 474 g/mol. The van der Waals surface area contributed by atoms with E-state index in [4.69, 9.17) is 16.3 Å². The molecular formula is C29H38ClN3O3. The molecule has 1 aliphatic heterocycles. The van der Waals surface area contributed by atoms with E-state index in [1.54, 1.807) is 6.07 Å². The summed E-state index contributed by atoms with van der Waals surface area (Å²) in [5.41, 5.74) is 2.53. The zero-order valence-corrected chi connectivity index (χ0v) is 22.4. The van der Waals surface area contributed by atoms with Gasteiger partial charge >= 0.3 is 0 Å². The number of carbonyl (C=O) groups excluding carboxylic acids is 2.